The lowest BCUT2D eigenvalue weighted by molar-refractivity contribution is 0.0925. The maximum Gasteiger partial charge on any atom is 0.145 e. The van der Waals surface area contributed by atoms with Gasteiger partial charge in [0.15, 0.2) is 0 Å². The van der Waals surface area contributed by atoms with Crippen LogP contribution in [0.25, 0.3) is 0 Å². The van der Waals surface area contributed by atoms with Crippen molar-refractivity contribution in [1.29, 1.82) is 0 Å². The average molecular weight is 261 g/mol. The molecule has 1 aromatic rings. The Morgan fingerprint density at radius 2 is 2.00 bits per heavy atom. The Labute approximate surface area is 107 Å². The molecule has 1 aromatic carbocycles. The first-order chi connectivity index (χ1) is 8.09. The minimum absolute atomic E-state index is 0.102. The van der Waals surface area contributed by atoms with Gasteiger partial charge in [-0.2, -0.15) is 0 Å². The van der Waals surface area contributed by atoms with E-state index in [4.69, 9.17) is 21.1 Å². The van der Waals surface area contributed by atoms with Crippen molar-refractivity contribution in [2.75, 3.05) is 19.8 Å². The second-order valence-corrected chi connectivity index (χ2v) is 4.63. The molecule has 0 aromatic heterocycles. The number of benzene rings is 1. The molecule has 0 saturated carbocycles. The topological polar surface area (TPSA) is 18.5 Å². The molecule has 0 atom stereocenters. The molecule has 0 amide bonds. The number of rotatable bonds is 7. The second kappa shape index (κ2) is 7.51. The maximum atomic E-state index is 13.1. The van der Waals surface area contributed by atoms with Gasteiger partial charge < -0.3 is 9.47 Å². The predicted octanol–water partition coefficient (Wildman–Crippen LogP) is 3.92. The lowest BCUT2D eigenvalue weighted by Gasteiger charge is -2.08. The fraction of sp³-hybridized carbons (Fsp3) is 0.538. The Kier molecular flexibility index (Phi) is 6.30. The van der Waals surface area contributed by atoms with Crippen molar-refractivity contribution >= 4 is 11.6 Å². The van der Waals surface area contributed by atoms with E-state index in [0.29, 0.717) is 24.9 Å². The zero-order chi connectivity index (χ0) is 12.7. The van der Waals surface area contributed by atoms with Crippen LogP contribution in [0.3, 0.4) is 0 Å². The van der Waals surface area contributed by atoms with Gasteiger partial charge in [0.25, 0.3) is 0 Å². The van der Waals surface area contributed by atoms with E-state index in [2.05, 4.69) is 13.8 Å². The highest BCUT2D eigenvalue weighted by Gasteiger charge is 2.01. The maximum absolute atomic E-state index is 13.1. The Morgan fingerprint density at radius 3 is 2.65 bits per heavy atom. The van der Waals surface area contributed by atoms with Crippen molar-refractivity contribution in [2.45, 2.75) is 20.3 Å². The SMILES string of the molecule is CC(C)CCOCCOc1ccc(Cl)c(F)c1. The number of halogens is 2. The summed E-state index contributed by atoms with van der Waals surface area (Å²) in [6.07, 6.45) is 1.04. The summed E-state index contributed by atoms with van der Waals surface area (Å²) < 4.78 is 23.8. The molecule has 0 spiro atoms. The van der Waals surface area contributed by atoms with Crippen LogP contribution in [-0.4, -0.2) is 19.8 Å². The highest BCUT2D eigenvalue weighted by atomic mass is 35.5. The van der Waals surface area contributed by atoms with Crippen LogP contribution >= 0.6 is 11.6 Å². The molecule has 1 rings (SSSR count). The van der Waals surface area contributed by atoms with Gasteiger partial charge in [0.2, 0.25) is 0 Å². The van der Waals surface area contributed by atoms with Gasteiger partial charge in [-0.05, 0) is 24.5 Å². The fourth-order valence-electron chi connectivity index (χ4n) is 1.21. The summed E-state index contributed by atoms with van der Waals surface area (Å²) in [4.78, 5) is 0. The van der Waals surface area contributed by atoms with E-state index in [1.54, 1.807) is 6.07 Å². The van der Waals surface area contributed by atoms with Crippen molar-refractivity contribution in [3.05, 3.63) is 29.0 Å². The molecule has 0 N–H and O–H groups in total. The van der Waals surface area contributed by atoms with Crippen molar-refractivity contribution in [1.82, 2.24) is 0 Å². The standard InChI is InChI=1S/C13H18ClFO2/c1-10(2)5-6-16-7-8-17-11-3-4-12(14)13(15)9-11/h3-4,9-10H,5-8H2,1-2H3. The quantitative estimate of drug-likeness (QED) is 0.692. The van der Waals surface area contributed by atoms with E-state index < -0.39 is 5.82 Å². The van der Waals surface area contributed by atoms with Gasteiger partial charge >= 0.3 is 0 Å². The van der Waals surface area contributed by atoms with Gasteiger partial charge in [-0.1, -0.05) is 25.4 Å². The average Bonchev–Trinajstić information content (AvgIpc) is 2.27. The lowest BCUT2D eigenvalue weighted by atomic mass is 10.1. The largest absolute Gasteiger partial charge is 0.491 e. The van der Waals surface area contributed by atoms with Crippen LogP contribution in [0.5, 0.6) is 5.75 Å². The molecule has 0 unspecified atom stereocenters. The summed E-state index contributed by atoms with van der Waals surface area (Å²) in [5.74, 6) is 0.644. The Hall–Kier alpha value is -0.800. The highest BCUT2D eigenvalue weighted by molar-refractivity contribution is 6.30. The molecule has 96 valence electrons. The zero-order valence-corrected chi connectivity index (χ0v) is 11.0. The van der Waals surface area contributed by atoms with E-state index in [0.717, 1.165) is 13.0 Å². The van der Waals surface area contributed by atoms with Crippen LogP contribution < -0.4 is 4.74 Å². The third kappa shape index (κ3) is 5.89. The van der Waals surface area contributed by atoms with Gasteiger partial charge in [-0.3, -0.25) is 0 Å². The zero-order valence-electron chi connectivity index (χ0n) is 10.2. The molecule has 0 aliphatic heterocycles. The van der Waals surface area contributed by atoms with Crippen molar-refractivity contribution in [3.63, 3.8) is 0 Å². The van der Waals surface area contributed by atoms with Gasteiger partial charge in [0.05, 0.1) is 11.6 Å². The number of ether oxygens (including phenoxy) is 2. The molecule has 4 heteroatoms. The molecular formula is C13H18ClFO2. The minimum Gasteiger partial charge on any atom is -0.491 e. The fourth-order valence-corrected chi connectivity index (χ4v) is 1.32. The highest BCUT2D eigenvalue weighted by Crippen LogP contribution is 2.20. The van der Waals surface area contributed by atoms with Gasteiger partial charge in [-0.25, -0.2) is 4.39 Å². The summed E-state index contributed by atoms with van der Waals surface area (Å²) in [7, 11) is 0. The molecule has 2 nitrogen and oxygen atoms in total. The molecular weight excluding hydrogens is 243 g/mol. The van der Waals surface area contributed by atoms with E-state index in [9.17, 15) is 4.39 Å². The van der Waals surface area contributed by atoms with E-state index in [1.807, 2.05) is 0 Å². The summed E-state index contributed by atoms with van der Waals surface area (Å²) >= 11 is 5.56. The van der Waals surface area contributed by atoms with Crippen LogP contribution in [0.4, 0.5) is 4.39 Å². The van der Waals surface area contributed by atoms with E-state index in [-0.39, 0.29) is 5.02 Å². The Balaban J connectivity index is 2.16. The van der Waals surface area contributed by atoms with Gasteiger partial charge in [0, 0.05) is 12.7 Å². The first kappa shape index (κ1) is 14.3. The first-order valence-electron chi connectivity index (χ1n) is 5.75. The monoisotopic (exact) mass is 260 g/mol. The predicted molar refractivity (Wildman–Crippen MR) is 67.2 cm³/mol. The third-order valence-corrected chi connectivity index (χ3v) is 2.53. The van der Waals surface area contributed by atoms with Crippen molar-refractivity contribution in [3.8, 4) is 5.75 Å². The minimum atomic E-state index is -0.468. The smallest absolute Gasteiger partial charge is 0.145 e. The molecule has 0 aliphatic rings. The van der Waals surface area contributed by atoms with Crippen molar-refractivity contribution in [2.24, 2.45) is 5.92 Å². The van der Waals surface area contributed by atoms with Crippen LogP contribution in [0.2, 0.25) is 5.02 Å². The summed E-state index contributed by atoms with van der Waals surface area (Å²) in [5, 5.41) is 0.102. The van der Waals surface area contributed by atoms with Crippen molar-refractivity contribution < 1.29 is 13.9 Å². The number of hydrogen-bond donors (Lipinski definition) is 0. The van der Waals surface area contributed by atoms with E-state index in [1.165, 1.54) is 12.1 Å². The summed E-state index contributed by atoms with van der Waals surface area (Å²) in [5.41, 5.74) is 0. The molecule has 0 radical (unpaired) electrons. The van der Waals surface area contributed by atoms with Gasteiger partial charge in [0.1, 0.15) is 18.2 Å². The normalized spacial score (nSPS) is 10.9. The molecule has 0 saturated heterocycles. The first-order valence-corrected chi connectivity index (χ1v) is 6.13. The molecule has 17 heavy (non-hydrogen) atoms. The van der Waals surface area contributed by atoms with E-state index >= 15 is 0 Å². The van der Waals surface area contributed by atoms with Crippen LogP contribution in [0.1, 0.15) is 20.3 Å². The Bertz CT molecular complexity index is 342. The van der Waals surface area contributed by atoms with Crippen LogP contribution in [0.15, 0.2) is 18.2 Å². The molecule has 0 fully saturated rings. The van der Waals surface area contributed by atoms with Gasteiger partial charge in [-0.15, -0.1) is 0 Å². The Morgan fingerprint density at radius 1 is 1.24 bits per heavy atom. The lowest BCUT2D eigenvalue weighted by Crippen LogP contribution is -2.08. The number of hydrogen-bond acceptors (Lipinski definition) is 2. The summed E-state index contributed by atoms with van der Waals surface area (Å²) in [6.45, 7) is 5.96. The molecule has 0 aliphatic carbocycles. The molecule has 0 heterocycles. The molecule has 0 bridgehead atoms. The van der Waals surface area contributed by atoms with Crippen LogP contribution in [0, 0.1) is 11.7 Å². The summed E-state index contributed by atoms with van der Waals surface area (Å²) in [6, 6.07) is 4.39. The second-order valence-electron chi connectivity index (χ2n) is 4.22. The third-order valence-electron chi connectivity index (χ3n) is 2.23. The van der Waals surface area contributed by atoms with Crippen LogP contribution in [-0.2, 0) is 4.74 Å².